The highest BCUT2D eigenvalue weighted by atomic mass is 35.5. The zero-order chi connectivity index (χ0) is 14.5. The first kappa shape index (κ1) is 15.0. The Labute approximate surface area is 123 Å². The number of hydrogen-bond donors (Lipinski definition) is 2. The van der Waals surface area contributed by atoms with Crippen LogP contribution in [0, 0.1) is 5.82 Å². The lowest BCUT2D eigenvalue weighted by Gasteiger charge is -2.18. The molecule has 0 radical (unpaired) electrons. The Hall–Kier alpha value is -1.42. The normalized spacial score (nSPS) is 12.4. The lowest BCUT2D eigenvalue weighted by Crippen LogP contribution is -2.29. The van der Waals surface area contributed by atoms with Crippen molar-refractivity contribution >= 4 is 11.6 Å². The Balaban J connectivity index is 2.23. The van der Waals surface area contributed by atoms with Crippen molar-refractivity contribution in [2.75, 3.05) is 0 Å². The average Bonchev–Trinajstić information content (AvgIpc) is 2.46. The summed E-state index contributed by atoms with van der Waals surface area (Å²) in [5, 5.41) is 0.428. The maximum atomic E-state index is 13.1. The van der Waals surface area contributed by atoms with Crippen molar-refractivity contribution < 1.29 is 4.39 Å². The molecule has 4 heteroatoms. The van der Waals surface area contributed by atoms with Gasteiger partial charge < -0.3 is 0 Å². The van der Waals surface area contributed by atoms with Crippen LogP contribution in [0.4, 0.5) is 4.39 Å². The molecule has 0 aliphatic carbocycles. The summed E-state index contributed by atoms with van der Waals surface area (Å²) in [6.07, 6.45) is 1.59. The molecule has 2 rings (SSSR count). The first-order chi connectivity index (χ1) is 9.63. The Bertz CT molecular complexity index is 586. The number of nitrogens with one attached hydrogen (secondary N) is 1. The maximum Gasteiger partial charge on any atom is 0.124 e. The second-order valence-electron chi connectivity index (χ2n) is 4.76. The number of hydrazine groups is 1. The summed E-state index contributed by atoms with van der Waals surface area (Å²) >= 11 is 6.07. The first-order valence-corrected chi connectivity index (χ1v) is 7.00. The van der Waals surface area contributed by atoms with Crippen molar-refractivity contribution in [1.29, 1.82) is 0 Å². The number of benzene rings is 2. The number of hydrogen-bond acceptors (Lipinski definition) is 2. The highest BCUT2D eigenvalue weighted by molar-refractivity contribution is 6.31. The summed E-state index contributed by atoms with van der Waals surface area (Å²) < 4.78 is 13.1. The van der Waals surface area contributed by atoms with E-state index in [1.54, 1.807) is 6.07 Å². The van der Waals surface area contributed by atoms with E-state index in [0.29, 0.717) is 11.4 Å². The Kier molecular flexibility index (Phi) is 5.12. The monoisotopic (exact) mass is 292 g/mol. The molecule has 106 valence electrons. The van der Waals surface area contributed by atoms with Gasteiger partial charge in [-0.1, -0.05) is 48.9 Å². The fraction of sp³-hybridized carbons (Fsp3) is 0.250. The summed E-state index contributed by atoms with van der Waals surface area (Å²) in [4.78, 5) is 0. The summed E-state index contributed by atoms with van der Waals surface area (Å²) in [6, 6.07) is 12.6. The molecule has 2 nitrogen and oxygen atoms in total. The first-order valence-electron chi connectivity index (χ1n) is 6.63. The van der Waals surface area contributed by atoms with Crippen LogP contribution < -0.4 is 11.3 Å². The molecule has 0 heterocycles. The summed E-state index contributed by atoms with van der Waals surface area (Å²) in [6.45, 7) is 2.11. The average molecular weight is 293 g/mol. The quantitative estimate of drug-likeness (QED) is 0.650. The van der Waals surface area contributed by atoms with Gasteiger partial charge >= 0.3 is 0 Å². The fourth-order valence-electron chi connectivity index (χ4n) is 2.21. The molecule has 2 aromatic carbocycles. The molecule has 0 aliphatic heterocycles. The van der Waals surface area contributed by atoms with Crippen LogP contribution in [0.1, 0.15) is 29.7 Å². The van der Waals surface area contributed by atoms with Crippen molar-refractivity contribution in [1.82, 2.24) is 5.43 Å². The van der Waals surface area contributed by atoms with Crippen LogP contribution in [0.25, 0.3) is 0 Å². The lowest BCUT2D eigenvalue weighted by atomic mass is 9.97. The third-order valence-corrected chi connectivity index (χ3v) is 3.75. The van der Waals surface area contributed by atoms with Crippen molar-refractivity contribution in [3.63, 3.8) is 0 Å². The SMILES string of the molecule is CCc1cccc(C(Cc2ccc(F)cc2Cl)NN)c1. The van der Waals surface area contributed by atoms with Gasteiger partial charge in [0.1, 0.15) is 5.82 Å². The predicted octanol–water partition coefficient (Wildman–Crippen LogP) is 3.79. The molecule has 2 aromatic rings. The van der Waals surface area contributed by atoms with E-state index in [0.717, 1.165) is 17.5 Å². The number of halogens is 2. The largest absolute Gasteiger partial charge is 0.271 e. The minimum absolute atomic E-state index is 0.0514. The molecule has 0 aromatic heterocycles. The summed E-state index contributed by atoms with van der Waals surface area (Å²) in [7, 11) is 0. The zero-order valence-electron chi connectivity index (χ0n) is 11.4. The minimum Gasteiger partial charge on any atom is -0.271 e. The standard InChI is InChI=1S/C16H18ClFN2/c1-2-11-4-3-5-13(8-11)16(20-19)9-12-6-7-14(18)10-15(12)17/h3-8,10,16,20H,2,9,19H2,1H3. The second-order valence-corrected chi connectivity index (χ2v) is 5.16. The van der Waals surface area contributed by atoms with Crippen molar-refractivity contribution in [2.24, 2.45) is 5.84 Å². The number of rotatable bonds is 5. The van der Waals surface area contributed by atoms with Gasteiger partial charge in [-0.05, 0) is 41.7 Å². The van der Waals surface area contributed by atoms with Crippen LogP contribution in [-0.4, -0.2) is 0 Å². The Morgan fingerprint density at radius 2 is 2.05 bits per heavy atom. The molecule has 0 spiro atoms. The van der Waals surface area contributed by atoms with Crippen LogP contribution in [0.15, 0.2) is 42.5 Å². The fourth-order valence-corrected chi connectivity index (χ4v) is 2.45. The summed E-state index contributed by atoms with van der Waals surface area (Å²) in [5.74, 6) is 5.33. The molecule has 3 N–H and O–H groups in total. The molecule has 0 bridgehead atoms. The van der Waals surface area contributed by atoms with Gasteiger partial charge in [-0.15, -0.1) is 0 Å². The van der Waals surface area contributed by atoms with Crippen LogP contribution in [-0.2, 0) is 12.8 Å². The molecular weight excluding hydrogens is 275 g/mol. The van der Waals surface area contributed by atoms with Gasteiger partial charge in [0.2, 0.25) is 0 Å². The van der Waals surface area contributed by atoms with Crippen LogP contribution in [0.3, 0.4) is 0 Å². The van der Waals surface area contributed by atoms with E-state index in [1.165, 1.54) is 17.7 Å². The zero-order valence-corrected chi connectivity index (χ0v) is 12.1. The highest BCUT2D eigenvalue weighted by Gasteiger charge is 2.13. The molecule has 1 atom stereocenters. The minimum atomic E-state index is -0.330. The van der Waals surface area contributed by atoms with Gasteiger partial charge in [0.25, 0.3) is 0 Å². The van der Waals surface area contributed by atoms with E-state index in [9.17, 15) is 4.39 Å². The van der Waals surface area contributed by atoms with Gasteiger partial charge in [0.15, 0.2) is 0 Å². The Morgan fingerprint density at radius 3 is 2.70 bits per heavy atom. The topological polar surface area (TPSA) is 38.0 Å². The smallest absolute Gasteiger partial charge is 0.124 e. The molecule has 0 amide bonds. The van der Waals surface area contributed by atoms with Gasteiger partial charge in [-0.3, -0.25) is 11.3 Å². The molecule has 1 unspecified atom stereocenters. The molecular formula is C16H18ClFN2. The van der Waals surface area contributed by atoms with Crippen LogP contribution in [0.2, 0.25) is 5.02 Å². The second kappa shape index (κ2) is 6.84. The van der Waals surface area contributed by atoms with E-state index in [4.69, 9.17) is 17.4 Å². The van der Waals surface area contributed by atoms with E-state index in [1.807, 2.05) is 12.1 Å². The van der Waals surface area contributed by atoms with Gasteiger partial charge in [0, 0.05) is 5.02 Å². The molecule has 20 heavy (non-hydrogen) atoms. The third kappa shape index (κ3) is 3.57. The Morgan fingerprint density at radius 1 is 1.25 bits per heavy atom. The van der Waals surface area contributed by atoms with Gasteiger partial charge in [-0.25, -0.2) is 4.39 Å². The predicted molar refractivity (Wildman–Crippen MR) is 81.0 cm³/mol. The molecule has 0 saturated carbocycles. The van der Waals surface area contributed by atoms with Crippen molar-refractivity contribution in [3.8, 4) is 0 Å². The van der Waals surface area contributed by atoms with Crippen LogP contribution >= 0.6 is 11.6 Å². The van der Waals surface area contributed by atoms with E-state index < -0.39 is 0 Å². The lowest BCUT2D eigenvalue weighted by molar-refractivity contribution is 0.550. The summed E-state index contributed by atoms with van der Waals surface area (Å²) in [5.41, 5.74) is 6.04. The van der Waals surface area contributed by atoms with E-state index in [-0.39, 0.29) is 11.9 Å². The highest BCUT2D eigenvalue weighted by Crippen LogP contribution is 2.24. The van der Waals surface area contributed by atoms with Gasteiger partial charge in [-0.2, -0.15) is 0 Å². The van der Waals surface area contributed by atoms with E-state index >= 15 is 0 Å². The third-order valence-electron chi connectivity index (χ3n) is 3.40. The number of aryl methyl sites for hydroxylation is 1. The van der Waals surface area contributed by atoms with Crippen LogP contribution in [0.5, 0.6) is 0 Å². The van der Waals surface area contributed by atoms with Crippen molar-refractivity contribution in [2.45, 2.75) is 25.8 Å². The van der Waals surface area contributed by atoms with Crippen molar-refractivity contribution in [3.05, 3.63) is 70.0 Å². The van der Waals surface area contributed by atoms with E-state index in [2.05, 4.69) is 24.5 Å². The molecule has 0 saturated heterocycles. The molecule has 0 fully saturated rings. The number of nitrogens with two attached hydrogens (primary N) is 1. The molecule has 0 aliphatic rings. The maximum absolute atomic E-state index is 13.1. The van der Waals surface area contributed by atoms with Gasteiger partial charge in [0.05, 0.1) is 6.04 Å².